The highest BCUT2D eigenvalue weighted by molar-refractivity contribution is 5.72. The molecule has 0 unspecified atom stereocenters. The summed E-state index contributed by atoms with van der Waals surface area (Å²) in [5.41, 5.74) is -0.379. The summed E-state index contributed by atoms with van der Waals surface area (Å²) >= 11 is 0. The number of carbonyl (C=O) groups excluding carboxylic acids is 2. The number of ether oxygens (including phenoxy) is 2. The first-order valence-electron chi connectivity index (χ1n) is 5.28. The molecule has 0 atom stereocenters. The van der Waals surface area contributed by atoms with Gasteiger partial charge in [-0.1, -0.05) is 20.8 Å². The predicted octanol–water partition coefficient (Wildman–Crippen LogP) is 2.02. The Morgan fingerprint density at radius 1 is 1.00 bits per heavy atom. The summed E-state index contributed by atoms with van der Waals surface area (Å²) in [7, 11) is 0. The van der Waals surface area contributed by atoms with Crippen molar-refractivity contribution in [3.63, 3.8) is 0 Å². The van der Waals surface area contributed by atoms with Gasteiger partial charge in [-0.3, -0.25) is 9.59 Å². The summed E-state index contributed by atoms with van der Waals surface area (Å²) < 4.78 is 10.2. The number of hydrogen-bond acceptors (Lipinski definition) is 4. The second-order valence-corrected chi connectivity index (χ2v) is 4.88. The average Bonchev–Trinajstić information content (AvgIpc) is 2.16. The summed E-state index contributed by atoms with van der Waals surface area (Å²) in [5.74, 6) is -0.575. The summed E-state index contributed by atoms with van der Waals surface area (Å²) in [6, 6.07) is 0. The van der Waals surface area contributed by atoms with E-state index in [9.17, 15) is 9.59 Å². The van der Waals surface area contributed by atoms with E-state index < -0.39 is 6.29 Å². The highest BCUT2D eigenvalue weighted by Gasteiger charge is 2.32. The van der Waals surface area contributed by atoms with Crippen LogP contribution in [0.1, 0.15) is 46.5 Å². The van der Waals surface area contributed by atoms with E-state index >= 15 is 0 Å². The van der Waals surface area contributed by atoms with Gasteiger partial charge >= 0.3 is 11.9 Å². The fourth-order valence-corrected chi connectivity index (χ4v) is 1.27. The smallest absolute Gasteiger partial charge is 0.308 e. The van der Waals surface area contributed by atoms with E-state index in [4.69, 9.17) is 9.47 Å². The van der Waals surface area contributed by atoms with Crippen molar-refractivity contribution in [2.75, 3.05) is 0 Å². The van der Waals surface area contributed by atoms with E-state index in [1.807, 2.05) is 20.8 Å². The Balaban J connectivity index is 2.72. The number of esters is 2. The van der Waals surface area contributed by atoms with Crippen molar-refractivity contribution in [2.24, 2.45) is 5.41 Å². The van der Waals surface area contributed by atoms with E-state index in [1.54, 1.807) is 0 Å². The van der Waals surface area contributed by atoms with Gasteiger partial charge in [0, 0.05) is 18.3 Å². The second-order valence-electron chi connectivity index (χ2n) is 4.88. The third-order valence-electron chi connectivity index (χ3n) is 2.20. The molecule has 1 rings (SSSR count). The predicted molar refractivity (Wildman–Crippen MR) is 53.9 cm³/mol. The van der Waals surface area contributed by atoms with Crippen LogP contribution in [0.3, 0.4) is 0 Å². The van der Waals surface area contributed by atoms with Crippen LogP contribution >= 0.6 is 0 Å². The van der Waals surface area contributed by atoms with Crippen LogP contribution < -0.4 is 0 Å². The molecule has 0 radical (unpaired) electrons. The first-order chi connectivity index (χ1) is 6.89. The molecule has 1 saturated heterocycles. The van der Waals surface area contributed by atoms with Gasteiger partial charge in [-0.15, -0.1) is 0 Å². The van der Waals surface area contributed by atoms with Crippen LogP contribution in [0.15, 0.2) is 0 Å². The van der Waals surface area contributed by atoms with Crippen LogP contribution in [0.25, 0.3) is 0 Å². The maximum absolute atomic E-state index is 11.3. The minimum absolute atomic E-state index is 0.287. The van der Waals surface area contributed by atoms with Gasteiger partial charge in [0.2, 0.25) is 0 Å². The maximum Gasteiger partial charge on any atom is 0.308 e. The number of carbonyl (C=O) groups is 2. The molecule has 0 N–H and O–H groups in total. The van der Waals surface area contributed by atoms with Gasteiger partial charge in [-0.2, -0.15) is 0 Å². The van der Waals surface area contributed by atoms with Crippen molar-refractivity contribution in [2.45, 2.75) is 52.7 Å². The molecule has 15 heavy (non-hydrogen) atoms. The van der Waals surface area contributed by atoms with Crippen molar-refractivity contribution < 1.29 is 19.1 Å². The minimum atomic E-state index is -0.768. The zero-order chi connectivity index (χ0) is 11.5. The molecule has 86 valence electrons. The van der Waals surface area contributed by atoms with Crippen LogP contribution in [0.2, 0.25) is 0 Å². The molecular weight excluding hydrogens is 196 g/mol. The molecule has 0 aromatic carbocycles. The standard InChI is InChI=1S/C11H18O4/c1-11(2,3)10-14-8(12)6-4-5-7-9(13)15-10/h10H,4-7H2,1-3H3. The molecule has 0 spiro atoms. The van der Waals surface area contributed by atoms with Gasteiger partial charge < -0.3 is 9.47 Å². The Kier molecular flexibility index (Phi) is 3.72. The van der Waals surface area contributed by atoms with Crippen LogP contribution in [0.5, 0.6) is 0 Å². The van der Waals surface area contributed by atoms with Crippen LogP contribution in [0, 0.1) is 5.41 Å². The molecule has 0 amide bonds. The third-order valence-corrected chi connectivity index (χ3v) is 2.20. The quantitative estimate of drug-likeness (QED) is 0.579. The van der Waals surface area contributed by atoms with Gasteiger partial charge in [-0.25, -0.2) is 0 Å². The lowest BCUT2D eigenvalue weighted by molar-refractivity contribution is -0.206. The lowest BCUT2D eigenvalue weighted by Gasteiger charge is -2.28. The lowest BCUT2D eigenvalue weighted by Crippen LogP contribution is -2.35. The summed E-state index contributed by atoms with van der Waals surface area (Å²) in [6.45, 7) is 5.61. The minimum Gasteiger partial charge on any atom is -0.425 e. The first-order valence-corrected chi connectivity index (χ1v) is 5.28. The Bertz CT molecular complexity index is 232. The molecule has 1 aliphatic heterocycles. The summed E-state index contributed by atoms with van der Waals surface area (Å²) in [5, 5.41) is 0. The molecule has 0 aliphatic carbocycles. The Labute approximate surface area is 89.9 Å². The van der Waals surface area contributed by atoms with E-state index in [2.05, 4.69) is 0 Å². The Hall–Kier alpha value is -1.06. The highest BCUT2D eigenvalue weighted by Crippen LogP contribution is 2.25. The summed E-state index contributed by atoms with van der Waals surface area (Å²) in [4.78, 5) is 22.7. The van der Waals surface area contributed by atoms with Crippen molar-refractivity contribution in [3.8, 4) is 0 Å². The van der Waals surface area contributed by atoms with E-state index in [1.165, 1.54) is 0 Å². The number of cyclic esters (lactones) is 2. The van der Waals surface area contributed by atoms with Gasteiger partial charge in [0.05, 0.1) is 0 Å². The van der Waals surface area contributed by atoms with Crippen LogP contribution in [-0.2, 0) is 19.1 Å². The molecule has 4 nitrogen and oxygen atoms in total. The molecule has 0 saturated carbocycles. The molecule has 1 heterocycles. The molecular formula is C11H18O4. The van der Waals surface area contributed by atoms with E-state index in [-0.39, 0.29) is 17.4 Å². The van der Waals surface area contributed by atoms with Crippen molar-refractivity contribution >= 4 is 11.9 Å². The third kappa shape index (κ3) is 3.90. The SMILES string of the molecule is CC(C)(C)C1OC(=O)CCCCC(=O)O1. The van der Waals surface area contributed by atoms with E-state index in [0.29, 0.717) is 25.7 Å². The topological polar surface area (TPSA) is 52.6 Å². The molecule has 1 fully saturated rings. The molecule has 0 aromatic heterocycles. The normalized spacial score (nSPS) is 21.0. The molecule has 1 aliphatic rings. The summed E-state index contributed by atoms with van der Waals surface area (Å²) in [6.07, 6.45) is 1.33. The second kappa shape index (κ2) is 4.64. The molecule has 4 heteroatoms. The average molecular weight is 214 g/mol. The zero-order valence-corrected chi connectivity index (χ0v) is 9.54. The van der Waals surface area contributed by atoms with Gasteiger partial charge in [0.25, 0.3) is 6.29 Å². The van der Waals surface area contributed by atoms with Crippen LogP contribution in [-0.4, -0.2) is 18.2 Å². The van der Waals surface area contributed by atoms with Crippen LogP contribution in [0.4, 0.5) is 0 Å². The van der Waals surface area contributed by atoms with Crippen molar-refractivity contribution in [1.82, 2.24) is 0 Å². The van der Waals surface area contributed by atoms with Crippen molar-refractivity contribution in [3.05, 3.63) is 0 Å². The van der Waals surface area contributed by atoms with Gasteiger partial charge in [0.1, 0.15) is 0 Å². The van der Waals surface area contributed by atoms with Gasteiger partial charge in [-0.05, 0) is 12.8 Å². The Morgan fingerprint density at radius 2 is 1.40 bits per heavy atom. The number of hydrogen-bond donors (Lipinski definition) is 0. The highest BCUT2D eigenvalue weighted by atomic mass is 16.7. The monoisotopic (exact) mass is 214 g/mol. The number of rotatable bonds is 0. The zero-order valence-electron chi connectivity index (χ0n) is 9.54. The fourth-order valence-electron chi connectivity index (χ4n) is 1.27. The molecule has 0 bridgehead atoms. The van der Waals surface area contributed by atoms with Gasteiger partial charge in [0.15, 0.2) is 0 Å². The largest absolute Gasteiger partial charge is 0.425 e. The lowest BCUT2D eigenvalue weighted by atomic mass is 9.96. The first kappa shape index (κ1) is 12.0. The maximum atomic E-state index is 11.3. The fraction of sp³-hybridized carbons (Fsp3) is 0.818. The molecule has 0 aromatic rings. The van der Waals surface area contributed by atoms with Crippen molar-refractivity contribution in [1.29, 1.82) is 0 Å². The Morgan fingerprint density at radius 3 is 1.73 bits per heavy atom. The van der Waals surface area contributed by atoms with E-state index in [0.717, 1.165) is 0 Å².